The maximum atomic E-state index is 3.76. The van der Waals surface area contributed by atoms with Crippen molar-refractivity contribution in [1.29, 1.82) is 0 Å². The number of hydrogen-bond acceptors (Lipinski definition) is 0. The smallest absolute Gasteiger partial charge is 0.00752 e. The van der Waals surface area contributed by atoms with E-state index in [1.54, 1.807) is 0 Å². The van der Waals surface area contributed by atoms with Crippen molar-refractivity contribution < 1.29 is 0 Å². The maximum Gasteiger partial charge on any atom is -0.00752 e. The molecule has 0 heteroatoms. The lowest BCUT2D eigenvalue weighted by Crippen LogP contribution is -1.78. The van der Waals surface area contributed by atoms with E-state index in [4.69, 9.17) is 0 Å². The highest BCUT2D eigenvalue weighted by Crippen LogP contribution is 2.17. The Kier molecular flexibility index (Phi) is 12.6. The summed E-state index contributed by atoms with van der Waals surface area (Å²) in [5.41, 5.74) is 2.29. The van der Waals surface area contributed by atoms with Gasteiger partial charge in [0.15, 0.2) is 0 Å². The van der Waals surface area contributed by atoms with E-state index in [-0.39, 0.29) is 0 Å². The highest BCUT2D eigenvalue weighted by molar-refractivity contribution is 5.47. The van der Waals surface area contributed by atoms with Crippen LogP contribution < -0.4 is 0 Å². The lowest BCUT2D eigenvalue weighted by molar-refractivity contribution is 0.942. The van der Waals surface area contributed by atoms with Crippen LogP contribution in [-0.2, 0) is 0 Å². The van der Waals surface area contributed by atoms with E-state index in [1.807, 2.05) is 39.8 Å². The fourth-order valence-corrected chi connectivity index (χ4v) is 1.14. The van der Waals surface area contributed by atoms with Gasteiger partial charge in [0.25, 0.3) is 0 Å². The standard InChI is InChI=1S/C12H14.2C2H6/c1-4-11-8-6-10(3)7-9-12(11)5-2;2*1-2/h4-10H,1-2H2,3H3;2*1-2H3. The molecule has 1 rings (SSSR count). The number of hydrogen-bond donors (Lipinski definition) is 0. The quantitative estimate of drug-likeness (QED) is 0.576. The molecule has 0 aromatic rings. The van der Waals surface area contributed by atoms with E-state index in [0.717, 1.165) is 11.1 Å². The first-order valence-corrected chi connectivity index (χ1v) is 6.13. The molecule has 90 valence electrons. The van der Waals surface area contributed by atoms with E-state index in [2.05, 4.69) is 44.4 Å². The third-order valence-corrected chi connectivity index (χ3v) is 1.93. The second-order valence-corrected chi connectivity index (χ2v) is 2.90. The van der Waals surface area contributed by atoms with E-state index in [1.165, 1.54) is 0 Å². The summed E-state index contributed by atoms with van der Waals surface area (Å²) in [5, 5.41) is 0. The summed E-state index contributed by atoms with van der Waals surface area (Å²) in [6.45, 7) is 17.7. The van der Waals surface area contributed by atoms with Crippen molar-refractivity contribution in [3.63, 3.8) is 0 Å². The van der Waals surface area contributed by atoms with E-state index in [9.17, 15) is 0 Å². The third kappa shape index (κ3) is 6.23. The van der Waals surface area contributed by atoms with Gasteiger partial charge in [0.2, 0.25) is 0 Å². The number of rotatable bonds is 2. The van der Waals surface area contributed by atoms with Crippen molar-refractivity contribution in [3.05, 3.63) is 60.8 Å². The van der Waals surface area contributed by atoms with Gasteiger partial charge in [-0.05, 0) is 17.1 Å². The fraction of sp³-hybridized carbons (Fsp3) is 0.375. The summed E-state index contributed by atoms with van der Waals surface area (Å²) in [6.07, 6.45) is 12.2. The zero-order valence-corrected chi connectivity index (χ0v) is 11.5. The monoisotopic (exact) mass is 218 g/mol. The van der Waals surface area contributed by atoms with Gasteiger partial charge in [0.05, 0.1) is 0 Å². The lowest BCUT2D eigenvalue weighted by atomic mass is 10.1. The van der Waals surface area contributed by atoms with Gasteiger partial charge >= 0.3 is 0 Å². The predicted octanol–water partition coefficient (Wildman–Crippen LogP) is 5.47. The van der Waals surface area contributed by atoms with Crippen molar-refractivity contribution in [2.24, 2.45) is 5.92 Å². The minimum Gasteiger partial charge on any atom is -0.0984 e. The second-order valence-electron chi connectivity index (χ2n) is 2.90. The molecule has 0 aromatic carbocycles. The van der Waals surface area contributed by atoms with Gasteiger partial charge in [-0.1, -0.05) is 84.2 Å². The summed E-state index contributed by atoms with van der Waals surface area (Å²) in [6, 6.07) is 0. The van der Waals surface area contributed by atoms with Crippen LogP contribution >= 0.6 is 0 Å². The van der Waals surface area contributed by atoms with Crippen LogP contribution in [-0.4, -0.2) is 0 Å². The molecule has 0 nitrogen and oxygen atoms in total. The van der Waals surface area contributed by atoms with Gasteiger partial charge in [-0.25, -0.2) is 0 Å². The van der Waals surface area contributed by atoms with Crippen molar-refractivity contribution in [2.45, 2.75) is 34.6 Å². The molecule has 1 aliphatic rings. The molecule has 0 unspecified atom stereocenters. The first-order chi connectivity index (χ1) is 7.77. The molecule has 0 spiro atoms. The molecule has 0 N–H and O–H groups in total. The minimum atomic E-state index is 0.498. The van der Waals surface area contributed by atoms with Gasteiger partial charge in [0, 0.05) is 0 Å². The van der Waals surface area contributed by atoms with Gasteiger partial charge in [-0.2, -0.15) is 0 Å². The molecular formula is C16H26. The van der Waals surface area contributed by atoms with Gasteiger partial charge in [0.1, 0.15) is 0 Å². The molecule has 0 saturated heterocycles. The zero-order valence-electron chi connectivity index (χ0n) is 11.5. The molecule has 16 heavy (non-hydrogen) atoms. The Morgan fingerprint density at radius 2 is 1.19 bits per heavy atom. The van der Waals surface area contributed by atoms with Crippen molar-refractivity contribution in [3.8, 4) is 0 Å². The Labute approximate surface area is 102 Å². The highest BCUT2D eigenvalue weighted by atomic mass is 14.0. The molecule has 0 saturated carbocycles. The van der Waals surface area contributed by atoms with E-state index in [0.29, 0.717) is 5.92 Å². The van der Waals surface area contributed by atoms with Crippen molar-refractivity contribution in [1.82, 2.24) is 0 Å². The zero-order chi connectivity index (χ0) is 13.0. The summed E-state index contributed by atoms with van der Waals surface area (Å²) >= 11 is 0. The lowest BCUT2D eigenvalue weighted by Gasteiger charge is -1.95. The van der Waals surface area contributed by atoms with Crippen molar-refractivity contribution in [2.75, 3.05) is 0 Å². The normalized spacial score (nSPS) is 14.1. The van der Waals surface area contributed by atoms with E-state index >= 15 is 0 Å². The SMILES string of the molecule is C=CC1=C(C=C)C=CC(C)C=C1.CC.CC. The minimum absolute atomic E-state index is 0.498. The van der Waals surface area contributed by atoms with Gasteiger partial charge < -0.3 is 0 Å². The molecular weight excluding hydrogens is 192 g/mol. The molecule has 0 atom stereocenters. The van der Waals surface area contributed by atoms with Crippen LogP contribution in [0.5, 0.6) is 0 Å². The molecule has 0 bridgehead atoms. The molecule has 0 radical (unpaired) electrons. The van der Waals surface area contributed by atoms with Crippen LogP contribution in [0.25, 0.3) is 0 Å². The van der Waals surface area contributed by atoms with Crippen LogP contribution in [0.4, 0.5) is 0 Å². The Morgan fingerprint density at radius 3 is 1.44 bits per heavy atom. The highest BCUT2D eigenvalue weighted by Gasteiger charge is 1.99. The average Bonchev–Trinajstić information content (AvgIpc) is 2.55. The average molecular weight is 218 g/mol. The number of allylic oxidation sites excluding steroid dienone is 8. The largest absolute Gasteiger partial charge is 0.0984 e. The molecule has 1 aliphatic carbocycles. The Balaban J connectivity index is 0. The topological polar surface area (TPSA) is 0 Å². The molecule has 0 aliphatic heterocycles. The van der Waals surface area contributed by atoms with Crippen LogP contribution in [0.2, 0.25) is 0 Å². The van der Waals surface area contributed by atoms with Crippen LogP contribution in [0, 0.1) is 5.92 Å². The second kappa shape index (κ2) is 11.8. The Morgan fingerprint density at radius 1 is 0.875 bits per heavy atom. The third-order valence-electron chi connectivity index (χ3n) is 1.93. The Bertz CT molecular complexity index is 246. The first kappa shape index (κ1) is 17.1. The van der Waals surface area contributed by atoms with Crippen LogP contribution in [0.3, 0.4) is 0 Å². The molecule has 0 fully saturated rings. The predicted molar refractivity (Wildman–Crippen MR) is 77.6 cm³/mol. The summed E-state index contributed by atoms with van der Waals surface area (Å²) in [4.78, 5) is 0. The summed E-state index contributed by atoms with van der Waals surface area (Å²) in [7, 11) is 0. The van der Waals surface area contributed by atoms with Crippen molar-refractivity contribution >= 4 is 0 Å². The summed E-state index contributed by atoms with van der Waals surface area (Å²) < 4.78 is 0. The van der Waals surface area contributed by atoms with Crippen LogP contribution in [0.15, 0.2) is 60.8 Å². The molecule has 0 amide bonds. The Hall–Kier alpha value is -1.30. The van der Waals surface area contributed by atoms with Gasteiger partial charge in [-0.15, -0.1) is 0 Å². The van der Waals surface area contributed by atoms with E-state index < -0.39 is 0 Å². The van der Waals surface area contributed by atoms with Gasteiger partial charge in [-0.3, -0.25) is 0 Å². The van der Waals surface area contributed by atoms with Crippen LogP contribution in [0.1, 0.15) is 34.6 Å². The summed E-state index contributed by atoms with van der Waals surface area (Å²) in [5.74, 6) is 0.498. The first-order valence-electron chi connectivity index (χ1n) is 6.13. The fourth-order valence-electron chi connectivity index (χ4n) is 1.14. The molecule has 0 heterocycles. The molecule has 0 aromatic heterocycles. The maximum absolute atomic E-state index is 3.76.